The molecule has 0 saturated heterocycles. The van der Waals surface area contributed by atoms with Crippen LogP contribution in [0.25, 0.3) is 0 Å². The summed E-state index contributed by atoms with van der Waals surface area (Å²) in [5, 5.41) is 10.5. The van der Waals surface area contributed by atoms with Crippen LogP contribution in [0.15, 0.2) is 18.2 Å². The van der Waals surface area contributed by atoms with Gasteiger partial charge in [0.2, 0.25) is 0 Å². The molecule has 0 aromatic heterocycles. The molecule has 7 nitrogen and oxygen atoms in total. The molecular weight excluding hydrogens is 302 g/mol. The number of esters is 1. The molecule has 0 aliphatic heterocycles. The van der Waals surface area contributed by atoms with Crippen molar-refractivity contribution >= 4 is 23.3 Å². The Bertz CT molecular complexity index is 494. The van der Waals surface area contributed by atoms with E-state index in [1.807, 2.05) is 0 Å². The first-order valence-electron chi connectivity index (χ1n) is 6.24. The summed E-state index contributed by atoms with van der Waals surface area (Å²) < 4.78 is 15.0. The maximum atomic E-state index is 11.7. The van der Waals surface area contributed by atoms with Crippen molar-refractivity contribution in [3.63, 3.8) is 0 Å². The molecule has 1 aromatic carbocycles. The van der Waals surface area contributed by atoms with E-state index in [1.54, 1.807) is 7.11 Å². The number of nitro groups is 1. The van der Waals surface area contributed by atoms with E-state index in [-0.39, 0.29) is 22.9 Å². The first-order chi connectivity index (χ1) is 10.1. The molecule has 1 aromatic rings. The van der Waals surface area contributed by atoms with Crippen LogP contribution in [-0.4, -0.2) is 44.4 Å². The lowest BCUT2D eigenvalue weighted by Gasteiger charge is -2.06. The van der Waals surface area contributed by atoms with E-state index in [9.17, 15) is 14.9 Å². The number of hydrogen-bond donors (Lipinski definition) is 0. The minimum Gasteiger partial charge on any atom is -0.462 e. The lowest BCUT2D eigenvalue weighted by Crippen LogP contribution is -2.10. The van der Waals surface area contributed by atoms with E-state index in [2.05, 4.69) is 0 Å². The zero-order valence-electron chi connectivity index (χ0n) is 11.5. The van der Waals surface area contributed by atoms with E-state index < -0.39 is 10.9 Å². The maximum Gasteiger partial charge on any atom is 0.338 e. The van der Waals surface area contributed by atoms with E-state index in [0.29, 0.717) is 26.2 Å². The number of hydrogen-bond acceptors (Lipinski definition) is 6. The number of nitrogens with zero attached hydrogens (tertiary/aromatic N) is 1. The van der Waals surface area contributed by atoms with Gasteiger partial charge in [0.15, 0.2) is 0 Å². The van der Waals surface area contributed by atoms with Gasteiger partial charge in [-0.25, -0.2) is 4.79 Å². The topological polar surface area (TPSA) is 87.9 Å². The Morgan fingerprint density at radius 3 is 2.67 bits per heavy atom. The third-order valence-electron chi connectivity index (χ3n) is 2.48. The lowest BCUT2D eigenvalue weighted by molar-refractivity contribution is -0.384. The van der Waals surface area contributed by atoms with E-state index in [4.69, 9.17) is 25.8 Å². The van der Waals surface area contributed by atoms with Gasteiger partial charge in [-0.05, 0) is 12.1 Å². The highest BCUT2D eigenvalue weighted by atomic mass is 35.5. The molecule has 116 valence electrons. The second-order valence-electron chi connectivity index (χ2n) is 4.02. The summed E-state index contributed by atoms with van der Waals surface area (Å²) >= 11 is 5.72. The Morgan fingerprint density at radius 2 is 2.05 bits per heavy atom. The fourth-order valence-electron chi connectivity index (χ4n) is 1.44. The van der Waals surface area contributed by atoms with E-state index in [1.165, 1.54) is 18.2 Å². The van der Waals surface area contributed by atoms with Crippen LogP contribution in [0.2, 0.25) is 5.02 Å². The van der Waals surface area contributed by atoms with Crippen molar-refractivity contribution in [3.8, 4) is 0 Å². The molecule has 0 fully saturated rings. The third kappa shape index (κ3) is 6.07. The number of carbonyl (C=O) groups is 1. The minimum absolute atomic E-state index is 0.0997. The van der Waals surface area contributed by atoms with Crippen LogP contribution in [0, 0.1) is 10.1 Å². The number of carbonyl (C=O) groups excluding carboxylic acids is 1. The second-order valence-corrected chi connectivity index (χ2v) is 4.43. The van der Waals surface area contributed by atoms with E-state index >= 15 is 0 Å². The first kappa shape index (κ1) is 17.4. The van der Waals surface area contributed by atoms with Crippen LogP contribution in [-0.2, 0) is 14.2 Å². The fraction of sp³-hybridized carbons (Fsp3) is 0.462. The van der Waals surface area contributed by atoms with Gasteiger partial charge in [-0.15, -0.1) is 0 Å². The third-order valence-corrected chi connectivity index (χ3v) is 2.78. The van der Waals surface area contributed by atoms with Crippen molar-refractivity contribution in [2.24, 2.45) is 0 Å². The van der Waals surface area contributed by atoms with Gasteiger partial charge in [0.25, 0.3) is 5.69 Å². The highest BCUT2D eigenvalue weighted by Crippen LogP contribution is 2.25. The number of methoxy groups -OCH3 is 1. The summed E-state index contributed by atoms with van der Waals surface area (Å²) in [6.45, 7) is 1.65. The molecule has 1 rings (SSSR count). The molecule has 0 N–H and O–H groups in total. The standard InChI is InChI=1S/C13H16ClNO6/c1-19-7-8-20-5-2-6-21-13(16)10-3-4-12(15(17)18)11(14)9-10/h3-4,9H,2,5-8H2,1H3. The number of nitro benzene ring substituents is 1. The molecular formula is C13H16ClNO6. The molecule has 21 heavy (non-hydrogen) atoms. The molecule has 0 aliphatic carbocycles. The fourth-order valence-corrected chi connectivity index (χ4v) is 1.68. The molecule has 0 heterocycles. The van der Waals surface area contributed by atoms with Crippen LogP contribution in [0.1, 0.15) is 16.8 Å². The van der Waals surface area contributed by atoms with E-state index in [0.717, 1.165) is 0 Å². The molecule has 0 spiro atoms. The van der Waals surface area contributed by atoms with Crippen molar-refractivity contribution in [3.05, 3.63) is 38.9 Å². The molecule has 0 saturated carbocycles. The molecule has 0 atom stereocenters. The summed E-state index contributed by atoms with van der Waals surface area (Å²) in [6.07, 6.45) is 0.552. The van der Waals surface area contributed by atoms with Crippen LogP contribution in [0.3, 0.4) is 0 Å². The highest BCUT2D eigenvalue weighted by molar-refractivity contribution is 6.33. The van der Waals surface area contributed by atoms with Crippen molar-refractivity contribution in [2.45, 2.75) is 6.42 Å². The first-order valence-corrected chi connectivity index (χ1v) is 6.61. The predicted molar refractivity (Wildman–Crippen MR) is 75.7 cm³/mol. The summed E-state index contributed by atoms with van der Waals surface area (Å²) in [7, 11) is 1.58. The predicted octanol–water partition coefficient (Wildman–Crippen LogP) is 2.46. The largest absolute Gasteiger partial charge is 0.462 e. The molecule has 8 heteroatoms. The zero-order valence-corrected chi connectivity index (χ0v) is 12.3. The molecule has 0 amide bonds. The monoisotopic (exact) mass is 317 g/mol. The van der Waals surface area contributed by atoms with Gasteiger partial charge in [-0.1, -0.05) is 11.6 Å². The molecule has 0 aliphatic rings. The van der Waals surface area contributed by atoms with Gasteiger partial charge >= 0.3 is 5.97 Å². The Labute approximate surface area is 126 Å². The maximum absolute atomic E-state index is 11.7. The molecule has 0 radical (unpaired) electrons. The van der Waals surface area contributed by atoms with Gasteiger partial charge in [-0.3, -0.25) is 10.1 Å². The summed E-state index contributed by atoms with van der Waals surface area (Å²) in [5.74, 6) is -0.580. The van der Waals surface area contributed by atoms with Crippen molar-refractivity contribution in [1.82, 2.24) is 0 Å². The van der Waals surface area contributed by atoms with Crippen molar-refractivity contribution in [1.29, 1.82) is 0 Å². The number of ether oxygens (including phenoxy) is 3. The number of benzene rings is 1. The average molecular weight is 318 g/mol. The average Bonchev–Trinajstić information content (AvgIpc) is 2.45. The van der Waals surface area contributed by atoms with Crippen molar-refractivity contribution in [2.75, 3.05) is 33.5 Å². The lowest BCUT2D eigenvalue weighted by atomic mass is 10.2. The van der Waals surface area contributed by atoms with Gasteiger partial charge in [0.1, 0.15) is 5.02 Å². The summed E-state index contributed by atoms with van der Waals surface area (Å²) in [4.78, 5) is 21.7. The second kappa shape index (κ2) is 9.28. The molecule has 0 bridgehead atoms. The zero-order chi connectivity index (χ0) is 15.7. The van der Waals surface area contributed by atoms with Crippen LogP contribution in [0.5, 0.6) is 0 Å². The normalized spacial score (nSPS) is 10.4. The van der Waals surface area contributed by atoms with Crippen LogP contribution in [0.4, 0.5) is 5.69 Å². The van der Waals surface area contributed by atoms with Gasteiger partial charge in [-0.2, -0.15) is 0 Å². The van der Waals surface area contributed by atoms with Crippen LogP contribution < -0.4 is 0 Å². The Kier molecular flexibility index (Phi) is 7.66. The Hall–Kier alpha value is -1.70. The van der Waals surface area contributed by atoms with Gasteiger partial charge < -0.3 is 14.2 Å². The van der Waals surface area contributed by atoms with Crippen LogP contribution >= 0.6 is 11.6 Å². The summed E-state index contributed by atoms with van der Waals surface area (Å²) in [5.41, 5.74) is -0.0781. The number of halogens is 1. The highest BCUT2D eigenvalue weighted by Gasteiger charge is 2.15. The van der Waals surface area contributed by atoms with Gasteiger partial charge in [0, 0.05) is 26.2 Å². The SMILES string of the molecule is COCCOCCCOC(=O)c1ccc([N+](=O)[O-])c(Cl)c1. The smallest absolute Gasteiger partial charge is 0.338 e. The molecule has 0 unspecified atom stereocenters. The quantitative estimate of drug-likeness (QED) is 0.301. The number of rotatable bonds is 9. The minimum atomic E-state index is -0.616. The van der Waals surface area contributed by atoms with Gasteiger partial charge in [0.05, 0.1) is 30.3 Å². The Morgan fingerprint density at radius 1 is 1.29 bits per heavy atom. The van der Waals surface area contributed by atoms with Crippen molar-refractivity contribution < 1.29 is 23.9 Å². The summed E-state index contributed by atoms with van der Waals surface area (Å²) in [6, 6.07) is 3.70. The Balaban J connectivity index is 2.35.